The van der Waals surface area contributed by atoms with E-state index in [-0.39, 0.29) is 39.8 Å². The molecule has 7 nitrogen and oxygen atoms in total. The average molecular weight is 360 g/mol. The summed E-state index contributed by atoms with van der Waals surface area (Å²) in [4.78, 5) is 24.2. The van der Waals surface area contributed by atoms with E-state index in [1.165, 1.54) is 0 Å². The number of hydrogen-bond donors (Lipinski definition) is 0. The monoisotopic (exact) mass is 360 g/mol. The first kappa shape index (κ1) is 17.2. The minimum atomic E-state index is -4.92. The van der Waals surface area contributed by atoms with E-state index < -0.39 is 34.6 Å². The molecule has 0 unspecified atom stereocenters. The first-order valence-electron chi connectivity index (χ1n) is 6.87. The summed E-state index contributed by atoms with van der Waals surface area (Å²) in [5, 5.41) is 11.9. The molecule has 1 aromatic heterocycles. The van der Waals surface area contributed by atoms with Gasteiger partial charge in [0.25, 0.3) is 5.56 Å². The van der Waals surface area contributed by atoms with Gasteiger partial charge in [-0.1, -0.05) is 0 Å². The minimum Gasteiger partial charge on any atom is -0.783 e. The van der Waals surface area contributed by atoms with Gasteiger partial charge in [0, 0.05) is 31.3 Å². The Morgan fingerprint density at radius 1 is 1.20 bits per heavy atom. The molecule has 25 heavy (non-hydrogen) atoms. The second-order valence-electron chi connectivity index (χ2n) is 5.37. The highest BCUT2D eigenvalue weighted by Crippen LogP contribution is 2.29. The zero-order valence-corrected chi connectivity index (χ0v) is 12.6. The fourth-order valence-corrected chi connectivity index (χ4v) is 2.51. The summed E-state index contributed by atoms with van der Waals surface area (Å²) >= 11 is 0. The Kier molecular flexibility index (Phi) is 3.92. The molecule has 0 radical (unpaired) electrons. The highest BCUT2D eigenvalue weighted by Gasteiger charge is 2.35. The van der Waals surface area contributed by atoms with Crippen LogP contribution in [0.25, 0.3) is 5.69 Å². The molecule has 0 bridgehead atoms. The van der Waals surface area contributed by atoms with Crippen LogP contribution in [0.4, 0.5) is 17.6 Å². The first-order valence-corrected chi connectivity index (χ1v) is 6.87. The Morgan fingerprint density at radius 3 is 2.52 bits per heavy atom. The number of alkyl halides is 3. The fraction of sp³-hybridized carbons (Fsp3) is 0.286. The maximum Gasteiger partial charge on any atom is 0.431 e. The van der Waals surface area contributed by atoms with E-state index >= 15 is 0 Å². The van der Waals surface area contributed by atoms with Crippen LogP contribution in [-0.2, 0) is 19.8 Å². The van der Waals surface area contributed by atoms with Gasteiger partial charge in [-0.15, -0.1) is 0 Å². The molecule has 1 aliphatic rings. The largest absolute Gasteiger partial charge is 0.783 e. The molecule has 0 spiro atoms. The molecule has 1 aromatic carbocycles. The normalized spacial score (nSPS) is 15.0. The first-order chi connectivity index (χ1) is 11.6. The van der Waals surface area contributed by atoms with Gasteiger partial charge in [-0.2, -0.15) is 13.2 Å². The molecule has 2 heterocycles. The second kappa shape index (κ2) is 5.70. The third-order valence-corrected chi connectivity index (χ3v) is 3.69. The van der Waals surface area contributed by atoms with Gasteiger partial charge in [-0.25, -0.2) is 13.8 Å². The number of rotatable bonds is 1. The summed E-state index contributed by atoms with van der Waals surface area (Å²) in [6.07, 6.45) is -4.92. The van der Waals surface area contributed by atoms with Crippen LogP contribution in [0.2, 0.25) is 0 Å². The van der Waals surface area contributed by atoms with Crippen molar-refractivity contribution in [2.45, 2.75) is 12.7 Å². The molecule has 1 aliphatic heterocycles. The van der Waals surface area contributed by atoms with Crippen LogP contribution in [0.15, 0.2) is 27.8 Å². The summed E-state index contributed by atoms with van der Waals surface area (Å²) in [6.45, 7) is -0.494. The topological polar surface area (TPSA) is 79.5 Å². The highest BCUT2D eigenvalue weighted by atomic mass is 19.4. The summed E-state index contributed by atoms with van der Waals surface area (Å²) in [5.41, 5.74) is -4.52. The number of benzene rings is 1. The van der Waals surface area contributed by atoms with E-state index in [1.54, 1.807) is 0 Å². The molecule has 0 amide bonds. The average Bonchev–Trinajstić information content (AvgIpc) is 2.50. The third-order valence-electron chi connectivity index (χ3n) is 3.69. The summed E-state index contributed by atoms with van der Waals surface area (Å²) in [6, 6.07) is 2.11. The Labute approximate surface area is 136 Å². The SMILES string of the molecule is Cn1c(C(F)(F)F)cc(=O)n(-c2cc3c(cc2F)OCN([O-])C3)c1=O. The summed E-state index contributed by atoms with van der Waals surface area (Å²) in [5.74, 6) is -0.984. The Hall–Kier alpha value is -2.66. The van der Waals surface area contributed by atoms with Crippen molar-refractivity contribution in [1.82, 2.24) is 14.2 Å². The van der Waals surface area contributed by atoms with Crippen molar-refractivity contribution < 1.29 is 22.3 Å². The number of ether oxygens (including phenoxy) is 1. The molecule has 0 N–H and O–H groups in total. The molecule has 3 rings (SSSR count). The molecule has 0 fully saturated rings. The van der Waals surface area contributed by atoms with E-state index in [0.29, 0.717) is 5.06 Å². The third kappa shape index (κ3) is 2.91. The lowest BCUT2D eigenvalue weighted by Crippen LogP contribution is -2.41. The van der Waals surface area contributed by atoms with E-state index in [1.807, 2.05) is 0 Å². The molecule has 11 heteroatoms. The highest BCUT2D eigenvalue weighted by molar-refractivity contribution is 5.46. The molecular weight excluding hydrogens is 350 g/mol. The molecular formula is C14H10F4N3O4-. The van der Waals surface area contributed by atoms with Crippen molar-refractivity contribution in [3.63, 3.8) is 0 Å². The van der Waals surface area contributed by atoms with Gasteiger partial charge in [-0.3, -0.25) is 9.36 Å². The van der Waals surface area contributed by atoms with Gasteiger partial charge < -0.3 is 15.0 Å². The standard InChI is InChI=1S/C14H10F4N3O4/c1-19-11(14(16,17)18)4-12(22)21(13(19)23)9-2-7-5-20(24)6-25-10(7)3-8(9)15/h2-4H,5-6H2,1H3/q-1. The number of aromatic nitrogens is 2. The van der Waals surface area contributed by atoms with E-state index in [2.05, 4.69) is 0 Å². The van der Waals surface area contributed by atoms with Crippen LogP contribution in [0.1, 0.15) is 11.3 Å². The maximum atomic E-state index is 14.3. The van der Waals surface area contributed by atoms with Crippen LogP contribution in [0.3, 0.4) is 0 Å². The lowest BCUT2D eigenvalue weighted by Gasteiger charge is -2.33. The Bertz CT molecular complexity index is 964. The Morgan fingerprint density at radius 2 is 1.88 bits per heavy atom. The molecule has 0 aliphatic carbocycles. The number of nitrogens with zero attached hydrogens (tertiary/aromatic N) is 3. The van der Waals surface area contributed by atoms with Gasteiger partial charge in [0.15, 0.2) is 5.82 Å². The molecule has 0 saturated carbocycles. The minimum absolute atomic E-state index is 0.0603. The zero-order valence-electron chi connectivity index (χ0n) is 12.6. The summed E-state index contributed by atoms with van der Waals surface area (Å²) < 4.78 is 58.3. The van der Waals surface area contributed by atoms with Crippen molar-refractivity contribution >= 4 is 0 Å². The van der Waals surface area contributed by atoms with Crippen molar-refractivity contribution in [3.05, 3.63) is 61.3 Å². The van der Waals surface area contributed by atoms with Crippen LogP contribution < -0.4 is 16.0 Å². The number of fused-ring (bicyclic) bond motifs is 1. The molecule has 0 saturated heterocycles. The van der Waals surface area contributed by atoms with Gasteiger partial charge >= 0.3 is 11.9 Å². The lowest BCUT2D eigenvalue weighted by atomic mass is 10.1. The lowest BCUT2D eigenvalue weighted by molar-refractivity contribution is -0.144. The van der Waals surface area contributed by atoms with E-state index in [0.717, 1.165) is 19.2 Å². The van der Waals surface area contributed by atoms with Crippen molar-refractivity contribution in [2.75, 3.05) is 6.73 Å². The maximum absolute atomic E-state index is 14.3. The number of halogens is 4. The van der Waals surface area contributed by atoms with Crippen molar-refractivity contribution in [3.8, 4) is 11.4 Å². The van der Waals surface area contributed by atoms with E-state index in [9.17, 15) is 32.4 Å². The van der Waals surface area contributed by atoms with Crippen LogP contribution in [0, 0.1) is 11.0 Å². The molecule has 2 aromatic rings. The quantitative estimate of drug-likeness (QED) is 0.717. The smallest absolute Gasteiger partial charge is 0.431 e. The van der Waals surface area contributed by atoms with Crippen LogP contribution >= 0.6 is 0 Å². The van der Waals surface area contributed by atoms with Crippen LogP contribution in [-0.4, -0.2) is 20.9 Å². The summed E-state index contributed by atoms with van der Waals surface area (Å²) in [7, 11) is 0.819. The van der Waals surface area contributed by atoms with Gasteiger partial charge in [0.05, 0.1) is 5.69 Å². The molecule has 134 valence electrons. The number of hydroxylamine groups is 2. The van der Waals surface area contributed by atoms with E-state index in [4.69, 9.17) is 4.74 Å². The number of hydrogen-bond acceptors (Lipinski definition) is 5. The van der Waals surface area contributed by atoms with Gasteiger partial charge in [0.1, 0.15) is 18.2 Å². The Balaban J connectivity index is 2.25. The van der Waals surface area contributed by atoms with Gasteiger partial charge in [-0.05, 0) is 6.07 Å². The zero-order chi connectivity index (χ0) is 18.5. The second-order valence-corrected chi connectivity index (χ2v) is 5.37. The predicted octanol–water partition coefficient (Wildman–Crippen LogP) is 1.34. The predicted molar refractivity (Wildman–Crippen MR) is 76.6 cm³/mol. The van der Waals surface area contributed by atoms with Crippen molar-refractivity contribution in [1.29, 1.82) is 0 Å². The fourth-order valence-electron chi connectivity index (χ4n) is 2.51. The molecule has 0 atom stereocenters. The van der Waals surface area contributed by atoms with Gasteiger partial charge in [0.2, 0.25) is 0 Å². The van der Waals surface area contributed by atoms with Crippen LogP contribution in [0.5, 0.6) is 5.75 Å². The van der Waals surface area contributed by atoms with Crippen molar-refractivity contribution in [2.24, 2.45) is 7.05 Å².